The lowest BCUT2D eigenvalue weighted by Gasteiger charge is -2.08. The molecular formula is C12H20N4O2S. The van der Waals surface area contributed by atoms with Crippen LogP contribution in [-0.2, 0) is 6.54 Å². The molecule has 0 aromatic carbocycles. The van der Waals surface area contributed by atoms with Crippen molar-refractivity contribution < 1.29 is 5.11 Å². The molecule has 19 heavy (non-hydrogen) atoms. The van der Waals surface area contributed by atoms with Gasteiger partial charge in [-0.05, 0) is 46.2 Å². The number of aliphatic imine (C=N–C) groups is 1. The van der Waals surface area contributed by atoms with E-state index in [1.165, 1.54) is 10.8 Å². The van der Waals surface area contributed by atoms with Crippen molar-refractivity contribution in [2.45, 2.75) is 19.9 Å². The fraction of sp³-hybridized carbons (Fsp3) is 0.583. The molecule has 1 rings (SSSR count). The van der Waals surface area contributed by atoms with E-state index in [9.17, 15) is 9.90 Å². The molecule has 0 aliphatic heterocycles. The fourth-order valence-corrected chi connectivity index (χ4v) is 1.93. The van der Waals surface area contributed by atoms with Crippen LogP contribution in [0, 0.1) is 4.77 Å². The zero-order valence-electron chi connectivity index (χ0n) is 11.5. The minimum atomic E-state index is -0.413. The lowest BCUT2D eigenvalue weighted by molar-refractivity contribution is 0.403. The van der Waals surface area contributed by atoms with Crippen LogP contribution < -0.4 is 5.56 Å². The van der Waals surface area contributed by atoms with Crippen LogP contribution in [0.4, 0.5) is 0 Å². The summed E-state index contributed by atoms with van der Waals surface area (Å²) in [5, 5.41) is 9.97. The molecule has 0 radical (unpaired) electrons. The predicted molar refractivity (Wildman–Crippen MR) is 78.9 cm³/mol. The van der Waals surface area contributed by atoms with E-state index in [0.29, 0.717) is 13.1 Å². The number of nitrogens with zero attached hydrogens (tertiary/aromatic N) is 3. The second-order valence-corrected chi connectivity index (χ2v) is 4.82. The normalized spacial score (nSPS) is 11.6. The Bertz CT molecular complexity index is 560. The van der Waals surface area contributed by atoms with Gasteiger partial charge in [-0.3, -0.25) is 19.3 Å². The van der Waals surface area contributed by atoms with E-state index in [1.54, 1.807) is 0 Å². The Morgan fingerprint density at radius 2 is 2.21 bits per heavy atom. The summed E-state index contributed by atoms with van der Waals surface area (Å²) in [4.78, 5) is 20.5. The summed E-state index contributed by atoms with van der Waals surface area (Å²) >= 11 is 4.97. The van der Waals surface area contributed by atoms with Crippen molar-refractivity contribution in [3.8, 4) is 5.88 Å². The van der Waals surface area contributed by atoms with Gasteiger partial charge in [0, 0.05) is 19.3 Å². The van der Waals surface area contributed by atoms with Crippen molar-refractivity contribution in [1.29, 1.82) is 0 Å². The number of hydrogen-bond donors (Lipinski definition) is 2. The molecule has 0 amide bonds. The van der Waals surface area contributed by atoms with Gasteiger partial charge >= 0.3 is 0 Å². The zero-order chi connectivity index (χ0) is 14.4. The maximum atomic E-state index is 11.7. The van der Waals surface area contributed by atoms with E-state index in [-0.39, 0.29) is 16.2 Å². The van der Waals surface area contributed by atoms with Gasteiger partial charge < -0.3 is 10.0 Å². The van der Waals surface area contributed by atoms with Gasteiger partial charge in [0.15, 0.2) is 4.77 Å². The third-order valence-corrected chi connectivity index (χ3v) is 2.96. The molecule has 0 spiro atoms. The lowest BCUT2D eigenvalue weighted by Crippen LogP contribution is -2.18. The highest BCUT2D eigenvalue weighted by Gasteiger charge is 2.09. The van der Waals surface area contributed by atoms with Gasteiger partial charge in [0.05, 0.1) is 0 Å². The number of aromatic amines is 1. The number of aromatic nitrogens is 2. The van der Waals surface area contributed by atoms with Gasteiger partial charge in [-0.2, -0.15) is 0 Å². The van der Waals surface area contributed by atoms with Crippen molar-refractivity contribution in [2.24, 2.45) is 4.99 Å². The van der Waals surface area contributed by atoms with Gasteiger partial charge in [-0.15, -0.1) is 0 Å². The van der Waals surface area contributed by atoms with E-state index in [2.05, 4.69) is 14.9 Å². The minimum Gasteiger partial charge on any atom is -0.494 e. The van der Waals surface area contributed by atoms with Crippen LogP contribution in [0.15, 0.2) is 9.79 Å². The van der Waals surface area contributed by atoms with Crippen LogP contribution in [0.2, 0.25) is 0 Å². The first kappa shape index (κ1) is 15.6. The Kier molecular flexibility index (Phi) is 5.91. The van der Waals surface area contributed by atoms with Gasteiger partial charge in [0.25, 0.3) is 5.56 Å². The first-order valence-electron chi connectivity index (χ1n) is 6.18. The van der Waals surface area contributed by atoms with Gasteiger partial charge in [0.1, 0.15) is 5.56 Å². The first-order chi connectivity index (χ1) is 8.97. The molecular weight excluding hydrogens is 264 g/mol. The molecule has 0 aliphatic rings. The van der Waals surface area contributed by atoms with Gasteiger partial charge in [-0.25, -0.2) is 0 Å². The SMILES string of the molecule is CCn1c(O)c(C=NCCCN(C)C)c(=O)[nH]c1=S. The Labute approximate surface area is 117 Å². The van der Waals surface area contributed by atoms with Gasteiger partial charge in [-0.1, -0.05) is 0 Å². The van der Waals surface area contributed by atoms with Crippen molar-refractivity contribution in [1.82, 2.24) is 14.5 Å². The van der Waals surface area contributed by atoms with Crippen LogP contribution >= 0.6 is 12.2 Å². The van der Waals surface area contributed by atoms with Crippen LogP contribution in [0.1, 0.15) is 18.9 Å². The summed E-state index contributed by atoms with van der Waals surface area (Å²) in [5.74, 6) is -0.132. The molecule has 0 fully saturated rings. The van der Waals surface area contributed by atoms with E-state index < -0.39 is 5.56 Å². The molecule has 2 N–H and O–H groups in total. The molecule has 0 saturated heterocycles. The predicted octanol–water partition coefficient (Wildman–Crippen LogP) is 1.00. The Balaban J connectivity index is 2.87. The average molecular weight is 284 g/mol. The van der Waals surface area contributed by atoms with E-state index in [1.807, 2.05) is 21.0 Å². The van der Waals surface area contributed by atoms with Crippen LogP contribution in [-0.4, -0.2) is 53.0 Å². The number of H-pyrrole nitrogens is 1. The Morgan fingerprint density at radius 3 is 2.79 bits per heavy atom. The molecule has 6 nitrogen and oxygen atoms in total. The smallest absolute Gasteiger partial charge is 0.264 e. The van der Waals surface area contributed by atoms with Crippen molar-refractivity contribution in [2.75, 3.05) is 27.2 Å². The van der Waals surface area contributed by atoms with Crippen molar-refractivity contribution in [3.05, 3.63) is 20.7 Å². The summed E-state index contributed by atoms with van der Waals surface area (Å²) in [6.45, 7) is 3.87. The monoisotopic (exact) mass is 284 g/mol. The highest BCUT2D eigenvalue weighted by atomic mass is 32.1. The third-order valence-electron chi connectivity index (χ3n) is 2.64. The summed E-state index contributed by atoms with van der Waals surface area (Å²) in [7, 11) is 3.99. The van der Waals surface area contributed by atoms with Gasteiger partial charge in [0.2, 0.25) is 5.88 Å². The molecule has 0 bridgehead atoms. The van der Waals surface area contributed by atoms with Crippen LogP contribution in [0.25, 0.3) is 0 Å². The van der Waals surface area contributed by atoms with E-state index in [4.69, 9.17) is 12.2 Å². The molecule has 1 heterocycles. The molecule has 0 aliphatic carbocycles. The second-order valence-electron chi connectivity index (χ2n) is 4.43. The summed E-state index contributed by atoms with van der Waals surface area (Å²) < 4.78 is 1.67. The highest BCUT2D eigenvalue weighted by Crippen LogP contribution is 2.10. The first-order valence-corrected chi connectivity index (χ1v) is 6.58. The number of nitrogens with one attached hydrogen (secondary N) is 1. The second kappa shape index (κ2) is 7.20. The minimum absolute atomic E-state index is 0.132. The Morgan fingerprint density at radius 1 is 1.53 bits per heavy atom. The summed E-state index contributed by atoms with van der Waals surface area (Å²) in [6.07, 6.45) is 2.31. The largest absolute Gasteiger partial charge is 0.494 e. The van der Waals surface area contributed by atoms with Crippen LogP contribution in [0.3, 0.4) is 0 Å². The molecule has 106 valence electrons. The molecule has 1 aromatic heterocycles. The van der Waals surface area contributed by atoms with Crippen LogP contribution in [0.5, 0.6) is 5.88 Å². The molecule has 0 atom stereocenters. The van der Waals surface area contributed by atoms with Crippen molar-refractivity contribution >= 4 is 18.4 Å². The summed E-state index contributed by atoms with van der Waals surface area (Å²) in [6, 6.07) is 0. The molecule has 0 unspecified atom stereocenters. The average Bonchev–Trinajstić information content (AvgIpc) is 2.32. The van der Waals surface area contributed by atoms with E-state index >= 15 is 0 Å². The standard InChI is InChI=1S/C12H20N4O2S/c1-4-16-11(18)9(10(17)14-12(16)19)8-13-6-5-7-15(2)3/h8,18H,4-7H2,1-3H3,(H,14,17,19). The number of aromatic hydroxyl groups is 1. The Hall–Kier alpha value is -1.47. The summed E-state index contributed by atoms with van der Waals surface area (Å²) in [5.41, 5.74) is -0.260. The third kappa shape index (κ3) is 4.29. The maximum absolute atomic E-state index is 11.7. The van der Waals surface area contributed by atoms with E-state index in [0.717, 1.165) is 13.0 Å². The number of hydrogen-bond acceptors (Lipinski definition) is 5. The topological polar surface area (TPSA) is 73.6 Å². The maximum Gasteiger partial charge on any atom is 0.264 e. The fourth-order valence-electron chi connectivity index (χ4n) is 1.62. The number of rotatable bonds is 6. The molecule has 0 saturated carbocycles. The molecule has 1 aromatic rings. The zero-order valence-corrected chi connectivity index (χ0v) is 12.3. The highest BCUT2D eigenvalue weighted by molar-refractivity contribution is 7.71. The lowest BCUT2D eigenvalue weighted by atomic mass is 10.3. The molecule has 7 heteroatoms. The van der Waals surface area contributed by atoms with Crippen molar-refractivity contribution in [3.63, 3.8) is 0 Å². The quantitative estimate of drug-likeness (QED) is 0.464.